The minimum Gasteiger partial charge on any atom is -0.324 e. The van der Waals surface area contributed by atoms with Gasteiger partial charge in [0.05, 0.1) is 11.1 Å². The Kier molecular flexibility index (Phi) is 4.92. The summed E-state index contributed by atoms with van der Waals surface area (Å²) < 4.78 is 13.6. The Balaban J connectivity index is 2.24. The molecule has 2 rings (SSSR count). The number of hydrogen-bond acceptors (Lipinski definition) is 3. The molecule has 112 valence electrons. The van der Waals surface area contributed by atoms with Crippen LogP contribution in [0.3, 0.4) is 0 Å². The summed E-state index contributed by atoms with van der Waals surface area (Å²) in [5, 5.41) is 15.1. The summed E-state index contributed by atoms with van der Waals surface area (Å²) in [4.78, 5) is 12.7. The lowest BCUT2D eigenvalue weighted by Crippen LogP contribution is -2.48. The smallest absolute Gasteiger partial charge is 0.231 e. The quantitative estimate of drug-likeness (QED) is 0.895. The Morgan fingerprint density at radius 1 is 1.57 bits per heavy atom. The standard InChI is InChI=1S/C16H20FN3O/c1-2-7-16(8-4-9-19-11-16)15(21)20-14-6-3-5-13(17)12(14)10-18/h3,5-6,19H,2,4,7-9,11H2,1H3,(H,20,21). The van der Waals surface area contributed by atoms with E-state index < -0.39 is 11.2 Å². The van der Waals surface area contributed by atoms with Crippen LogP contribution in [0.5, 0.6) is 0 Å². The maximum Gasteiger partial charge on any atom is 0.231 e. The predicted molar refractivity (Wildman–Crippen MR) is 79.2 cm³/mol. The first kappa shape index (κ1) is 15.5. The fourth-order valence-electron chi connectivity index (χ4n) is 2.96. The molecule has 1 fully saturated rings. The molecule has 1 heterocycles. The lowest BCUT2D eigenvalue weighted by Gasteiger charge is -2.36. The number of anilines is 1. The molecule has 1 amide bonds. The maximum atomic E-state index is 13.6. The largest absolute Gasteiger partial charge is 0.324 e. The van der Waals surface area contributed by atoms with Crippen LogP contribution in [-0.4, -0.2) is 19.0 Å². The van der Waals surface area contributed by atoms with E-state index in [1.54, 1.807) is 6.07 Å². The van der Waals surface area contributed by atoms with Crippen LogP contribution in [0.2, 0.25) is 0 Å². The normalized spacial score (nSPS) is 21.6. The molecule has 0 spiro atoms. The summed E-state index contributed by atoms with van der Waals surface area (Å²) in [5.41, 5.74) is -0.323. The predicted octanol–water partition coefficient (Wildman–Crippen LogP) is 2.81. The molecule has 1 unspecified atom stereocenters. The Morgan fingerprint density at radius 3 is 3.00 bits per heavy atom. The van der Waals surface area contributed by atoms with Gasteiger partial charge in [-0.2, -0.15) is 5.26 Å². The minimum atomic E-state index is -0.610. The zero-order chi connectivity index (χ0) is 15.3. The SMILES string of the molecule is CCCC1(C(=O)Nc2cccc(F)c2C#N)CCCNC1. The van der Waals surface area contributed by atoms with Crippen molar-refractivity contribution in [3.8, 4) is 6.07 Å². The highest BCUT2D eigenvalue weighted by atomic mass is 19.1. The number of nitriles is 1. The van der Waals surface area contributed by atoms with Crippen molar-refractivity contribution in [1.82, 2.24) is 5.32 Å². The molecule has 1 aliphatic heterocycles. The van der Waals surface area contributed by atoms with E-state index in [0.717, 1.165) is 32.2 Å². The third-order valence-electron chi connectivity index (χ3n) is 4.06. The third kappa shape index (κ3) is 3.22. The summed E-state index contributed by atoms with van der Waals surface area (Å²) in [7, 11) is 0. The van der Waals surface area contributed by atoms with Gasteiger partial charge in [-0.05, 0) is 37.9 Å². The molecule has 1 aromatic rings. The van der Waals surface area contributed by atoms with Crippen molar-refractivity contribution in [3.63, 3.8) is 0 Å². The van der Waals surface area contributed by atoms with Crippen LogP contribution in [0.4, 0.5) is 10.1 Å². The monoisotopic (exact) mass is 289 g/mol. The molecule has 5 heteroatoms. The van der Waals surface area contributed by atoms with Gasteiger partial charge in [0.2, 0.25) is 5.91 Å². The number of halogens is 1. The highest BCUT2D eigenvalue weighted by molar-refractivity contribution is 5.96. The Labute approximate surface area is 124 Å². The fourth-order valence-corrected chi connectivity index (χ4v) is 2.96. The number of nitrogens with zero attached hydrogens (tertiary/aromatic N) is 1. The highest BCUT2D eigenvalue weighted by Gasteiger charge is 2.38. The van der Waals surface area contributed by atoms with E-state index in [4.69, 9.17) is 5.26 Å². The van der Waals surface area contributed by atoms with Crippen molar-refractivity contribution in [3.05, 3.63) is 29.6 Å². The number of rotatable bonds is 4. The zero-order valence-electron chi connectivity index (χ0n) is 12.2. The van der Waals surface area contributed by atoms with E-state index in [1.165, 1.54) is 12.1 Å². The second kappa shape index (κ2) is 6.68. The molecule has 0 radical (unpaired) electrons. The maximum absolute atomic E-state index is 13.6. The van der Waals surface area contributed by atoms with Crippen molar-refractivity contribution in [2.24, 2.45) is 5.41 Å². The second-order valence-electron chi connectivity index (χ2n) is 5.54. The molecule has 2 N–H and O–H groups in total. The van der Waals surface area contributed by atoms with Crippen LogP contribution in [0, 0.1) is 22.6 Å². The first-order chi connectivity index (χ1) is 10.1. The minimum absolute atomic E-state index is 0.110. The molecule has 0 saturated carbocycles. The van der Waals surface area contributed by atoms with Gasteiger partial charge in [-0.3, -0.25) is 4.79 Å². The summed E-state index contributed by atoms with van der Waals surface area (Å²) in [5.74, 6) is -0.736. The molecule has 1 atom stereocenters. The van der Waals surface area contributed by atoms with Crippen LogP contribution >= 0.6 is 0 Å². The first-order valence-electron chi connectivity index (χ1n) is 7.34. The van der Waals surface area contributed by atoms with Crippen molar-refractivity contribution < 1.29 is 9.18 Å². The van der Waals surface area contributed by atoms with E-state index in [-0.39, 0.29) is 17.2 Å². The first-order valence-corrected chi connectivity index (χ1v) is 7.34. The lowest BCUT2D eigenvalue weighted by atomic mass is 9.76. The second-order valence-corrected chi connectivity index (χ2v) is 5.54. The van der Waals surface area contributed by atoms with Gasteiger partial charge in [-0.25, -0.2) is 4.39 Å². The Hall–Kier alpha value is -1.93. The van der Waals surface area contributed by atoms with Gasteiger partial charge in [-0.1, -0.05) is 19.4 Å². The molecule has 21 heavy (non-hydrogen) atoms. The van der Waals surface area contributed by atoms with Gasteiger partial charge in [0.25, 0.3) is 0 Å². The topological polar surface area (TPSA) is 64.9 Å². The lowest BCUT2D eigenvalue weighted by molar-refractivity contribution is -0.127. The summed E-state index contributed by atoms with van der Waals surface area (Å²) in [6.07, 6.45) is 3.45. The molecule has 0 aromatic heterocycles. The fraction of sp³-hybridized carbons (Fsp3) is 0.500. The summed E-state index contributed by atoms with van der Waals surface area (Å²) in [6.45, 7) is 3.60. The number of hydrogen-bond donors (Lipinski definition) is 2. The van der Waals surface area contributed by atoms with Crippen molar-refractivity contribution >= 4 is 11.6 Å². The van der Waals surface area contributed by atoms with Crippen molar-refractivity contribution in [1.29, 1.82) is 5.26 Å². The van der Waals surface area contributed by atoms with Gasteiger partial charge in [-0.15, -0.1) is 0 Å². The van der Waals surface area contributed by atoms with E-state index in [0.29, 0.717) is 6.54 Å². The summed E-state index contributed by atoms with van der Waals surface area (Å²) in [6, 6.07) is 6.09. The summed E-state index contributed by atoms with van der Waals surface area (Å²) >= 11 is 0. The molecular weight excluding hydrogens is 269 g/mol. The van der Waals surface area contributed by atoms with E-state index in [1.807, 2.05) is 13.0 Å². The number of nitrogens with one attached hydrogen (secondary N) is 2. The van der Waals surface area contributed by atoms with Gasteiger partial charge in [0.1, 0.15) is 17.4 Å². The number of amides is 1. The molecular formula is C16H20FN3O. The van der Waals surface area contributed by atoms with Crippen LogP contribution in [0.15, 0.2) is 18.2 Å². The van der Waals surface area contributed by atoms with E-state index in [2.05, 4.69) is 10.6 Å². The third-order valence-corrected chi connectivity index (χ3v) is 4.06. The molecule has 1 aromatic carbocycles. The molecule has 0 bridgehead atoms. The Bertz CT molecular complexity index is 554. The molecule has 1 saturated heterocycles. The van der Waals surface area contributed by atoms with Crippen LogP contribution in [0.25, 0.3) is 0 Å². The number of carbonyl (C=O) groups is 1. The van der Waals surface area contributed by atoms with Crippen LogP contribution in [0.1, 0.15) is 38.2 Å². The molecule has 0 aliphatic carbocycles. The zero-order valence-corrected chi connectivity index (χ0v) is 12.2. The van der Waals surface area contributed by atoms with Gasteiger partial charge < -0.3 is 10.6 Å². The van der Waals surface area contributed by atoms with E-state index in [9.17, 15) is 9.18 Å². The van der Waals surface area contributed by atoms with E-state index >= 15 is 0 Å². The molecule has 4 nitrogen and oxygen atoms in total. The molecule has 1 aliphatic rings. The van der Waals surface area contributed by atoms with Crippen LogP contribution in [-0.2, 0) is 4.79 Å². The number of carbonyl (C=O) groups excluding carboxylic acids is 1. The van der Waals surface area contributed by atoms with Gasteiger partial charge in [0, 0.05) is 6.54 Å². The van der Waals surface area contributed by atoms with Gasteiger partial charge >= 0.3 is 0 Å². The Morgan fingerprint density at radius 2 is 2.38 bits per heavy atom. The van der Waals surface area contributed by atoms with Crippen LogP contribution < -0.4 is 10.6 Å². The average Bonchev–Trinajstić information content (AvgIpc) is 2.49. The van der Waals surface area contributed by atoms with Gasteiger partial charge in [0.15, 0.2) is 0 Å². The average molecular weight is 289 g/mol. The van der Waals surface area contributed by atoms with Crippen molar-refractivity contribution in [2.45, 2.75) is 32.6 Å². The van der Waals surface area contributed by atoms with Crippen molar-refractivity contribution in [2.75, 3.05) is 18.4 Å². The highest BCUT2D eigenvalue weighted by Crippen LogP contribution is 2.33. The number of benzene rings is 1. The number of piperidine rings is 1.